The molecule has 2 rings (SSSR count). The molecule has 0 bridgehead atoms. The Kier molecular flexibility index (Phi) is 4.30. The number of urea groups is 1. The van der Waals surface area contributed by atoms with Gasteiger partial charge in [-0.3, -0.25) is 0 Å². The molecular weight excluding hydrogens is 238 g/mol. The van der Waals surface area contributed by atoms with E-state index in [1.54, 1.807) is 0 Å². The average molecular weight is 261 g/mol. The highest BCUT2D eigenvalue weighted by molar-refractivity contribution is 5.75. The van der Waals surface area contributed by atoms with Crippen molar-refractivity contribution in [2.24, 2.45) is 0 Å². The van der Waals surface area contributed by atoms with E-state index in [-0.39, 0.29) is 11.6 Å². The summed E-state index contributed by atoms with van der Waals surface area (Å²) in [7, 11) is 0. The van der Waals surface area contributed by atoms with Gasteiger partial charge in [0.05, 0.1) is 5.54 Å². The van der Waals surface area contributed by atoms with Crippen LogP contribution in [-0.2, 0) is 5.54 Å². The number of nitrogens with one attached hydrogen (secondary N) is 2. The van der Waals surface area contributed by atoms with Crippen LogP contribution in [0, 0.1) is 0 Å². The smallest absolute Gasteiger partial charge is 0.315 e. The molecule has 19 heavy (non-hydrogen) atoms. The first-order valence-corrected chi connectivity index (χ1v) is 7.08. The number of amides is 2. The van der Waals surface area contributed by atoms with Crippen LogP contribution in [0.4, 0.5) is 10.5 Å². The van der Waals surface area contributed by atoms with Gasteiger partial charge in [-0.2, -0.15) is 0 Å². The first-order chi connectivity index (χ1) is 9.16. The highest BCUT2D eigenvalue weighted by Crippen LogP contribution is 2.45. The Labute approximate surface area is 114 Å². The molecule has 1 saturated carbocycles. The molecule has 1 aliphatic rings. The van der Waals surface area contributed by atoms with E-state index < -0.39 is 0 Å². The van der Waals surface area contributed by atoms with E-state index in [2.05, 4.69) is 17.6 Å². The highest BCUT2D eigenvalue weighted by Gasteiger charge is 2.45. The number of carbonyl (C=O) groups excluding carboxylic acids is 1. The Morgan fingerprint density at radius 2 is 2.16 bits per heavy atom. The third-order valence-electron chi connectivity index (χ3n) is 3.61. The summed E-state index contributed by atoms with van der Waals surface area (Å²) in [6.45, 7) is 2.89. The van der Waals surface area contributed by atoms with Gasteiger partial charge < -0.3 is 16.4 Å². The molecule has 0 radical (unpaired) electrons. The summed E-state index contributed by atoms with van der Waals surface area (Å²) in [5.41, 5.74) is 7.46. The molecule has 4 nitrogen and oxygen atoms in total. The lowest BCUT2D eigenvalue weighted by molar-refractivity contribution is 0.235. The number of hydrogen-bond acceptors (Lipinski definition) is 2. The van der Waals surface area contributed by atoms with E-state index in [1.165, 1.54) is 0 Å². The van der Waals surface area contributed by atoms with Gasteiger partial charge in [0.1, 0.15) is 0 Å². The molecule has 0 saturated heterocycles. The average Bonchev–Trinajstić information content (AvgIpc) is 3.16. The predicted octanol–water partition coefficient (Wildman–Crippen LogP) is 2.75. The maximum Gasteiger partial charge on any atom is 0.315 e. The maximum atomic E-state index is 11.9. The molecule has 0 atom stereocenters. The summed E-state index contributed by atoms with van der Waals surface area (Å²) in [6, 6.07) is 7.71. The second-order valence-electron chi connectivity index (χ2n) is 5.30. The zero-order valence-electron chi connectivity index (χ0n) is 11.5. The van der Waals surface area contributed by atoms with Gasteiger partial charge in [-0.05, 0) is 37.0 Å². The van der Waals surface area contributed by atoms with E-state index in [1.807, 2.05) is 24.3 Å². The third kappa shape index (κ3) is 3.63. The lowest BCUT2D eigenvalue weighted by atomic mass is 10.0. The lowest BCUT2D eigenvalue weighted by Gasteiger charge is -2.18. The summed E-state index contributed by atoms with van der Waals surface area (Å²) in [6.07, 6.45) is 5.32. The minimum Gasteiger partial charge on any atom is -0.399 e. The molecule has 0 aromatic heterocycles. The molecule has 1 aromatic carbocycles. The molecule has 1 aliphatic carbocycles. The first-order valence-electron chi connectivity index (χ1n) is 7.08. The normalized spacial score (nSPS) is 15.8. The molecule has 4 heteroatoms. The minimum absolute atomic E-state index is 0.0731. The molecule has 1 aromatic rings. The second-order valence-corrected chi connectivity index (χ2v) is 5.30. The molecule has 2 amide bonds. The van der Waals surface area contributed by atoms with Crippen molar-refractivity contribution in [1.82, 2.24) is 10.6 Å². The van der Waals surface area contributed by atoms with Crippen molar-refractivity contribution in [2.75, 3.05) is 12.3 Å². The van der Waals surface area contributed by atoms with E-state index >= 15 is 0 Å². The fourth-order valence-corrected chi connectivity index (χ4v) is 2.29. The number of anilines is 1. The van der Waals surface area contributed by atoms with Crippen LogP contribution >= 0.6 is 0 Å². The molecule has 0 spiro atoms. The van der Waals surface area contributed by atoms with Gasteiger partial charge in [0, 0.05) is 12.2 Å². The van der Waals surface area contributed by atoms with Crippen LogP contribution in [0.5, 0.6) is 0 Å². The van der Waals surface area contributed by atoms with Gasteiger partial charge in [-0.15, -0.1) is 0 Å². The van der Waals surface area contributed by atoms with Crippen molar-refractivity contribution >= 4 is 11.7 Å². The Balaban J connectivity index is 1.86. The third-order valence-corrected chi connectivity index (χ3v) is 3.61. The van der Waals surface area contributed by atoms with Crippen LogP contribution in [-0.4, -0.2) is 12.6 Å². The van der Waals surface area contributed by atoms with Gasteiger partial charge in [-0.25, -0.2) is 4.79 Å². The minimum atomic E-state index is -0.190. The van der Waals surface area contributed by atoms with Crippen LogP contribution in [0.1, 0.15) is 44.6 Å². The largest absolute Gasteiger partial charge is 0.399 e. The Hall–Kier alpha value is -1.71. The van der Waals surface area contributed by atoms with Gasteiger partial charge in [0.2, 0.25) is 0 Å². The first kappa shape index (κ1) is 13.7. The van der Waals surface area contributed by atoms with Crippen LogP contribution < -0.4 is 16.4 Å². The number of nitrogen functional groups attached to an aromatic ring is 1. The fourth-order valence-electron chi connectivity index (χ4n) is 2.29. The molecular formula is C15H23N3O. The molecule has 0 aliphatic heterocycles. The van der Waals surface area contributed by atoms with E-state index in [9.17, 15) is 4.79 Å². The number of benzene rings is 1. The Bertz CT molecular complexity index is 441. The van der Waals surface area contributed by atoms with Crippen molar-refractivity contribution < 1.29 is 4.79 Å². The number of nitrogens with two attached hydrogens (primary N) is 1. The van der Waals surface area contributed by atoms with Crippen LogP contribution in [0.2, 0.25) is 0 Å². The molecule has 1 fully saturated rings. The van der Waals surface area contributed by atoms with Crippen molar-refractivity contribution in [3.8, 4) is 0 Å². The van der Waals surface area contributed by atoms with Gasteiger partial charge in [0.25, 0.3) is 0 Å². The van der Waals surface area contributed by atoms with Crippen LogP contribution in [0.3, 0.4) is 0 Å². The number of rotatable bonds is 6. The number of unbranched alkanes of at least 4 members (excludes halogenated alkanes) is 2. The van der Waals surface area contributed by atoms with Crippen molar-refractivity contribution in [3.63, 3.8) is 0 Å². The molecule has 104 valence electrons. The van der Waals surface area contributed by atoms with Crippen LogP contribution in [0.25, 0.3) is 0 Å². The SMILES string of the molecule is CCCCCNC(=O)NC1(c2cccc(N)c2)CC1. The van der Waals surface area contributed by atoms with E-state index in [0.717, 1.165) is 49.9 Å². The summed E-state index contributed by atoms with van der Waals surface area (Å²) in [5.74, 6) is 0. The number of hydrogen-bond donors (Lipinski definition) is 3. The molecule has 4 N–H and O–H groups in total. The maximum absolute atomic E-state index is 11.9. The van der Waals surface area contributed by atoms with E-state index in [4.69, 9.17) is 5.73 Å². The number of carbonyl (C=O) groups is 1. The zero-order chi connectivity index (χ0) is 13.7. The Morgan fingerprint density at radius 1 is 1.37 bits per heavy atom. The summed E-state index contributed by atoms with van der Waals surface area (Å²) in [5, 5.41) is 6.00. The quantitative estimate of drug-likeness (QED) is 0.544. The summed E-state index contributed by atoms with van der Waals surface area (Å²) >= 11 is 0. The van der Waals surface area contributed by atoms with Crippen molar-refractivity contribution in [1.29, 1.82) is 0 Å². The topological polar surface area (TPSA) is 67.2 Å². The molecule has 0 heterocycles. The highest BCUT2D eigenvalue weighted by atomic mass is 16.2. The predicted molar refractivity (Wildman–Crippen MR) is 77.8 cm³/mol. The van der Waals surface area contributed by atoms with Crippen LogP contribution in [0.15, 0.2) is 24.3 Å². The van der Waals surface area contributed by atoms with Gasteiger partial charge in [-0.1, -0.05) is 31.9 Å². The summed E-state index contributed by atoms with van der Waals surface area (Å²) in [4.78, 5) is 11.9. The summed E-state index contributed by atoms with van der Waals surface area (Å²) < 4.78 is 0. The zero-order valence-corrected chi connectivity index (χ0v) is 11.5. The van der Waals surface area contributed by atoms with Crippen molar-refractivity contribution in [2.45, 2.75) is 44.6 Å². The van der Waals surface area contributed by atoms with Gasteiger partial charge >= 0.3 is 6.03 Å². The molecule has 0 unspecified atom stereocenters. The van der Waals surface area contributed by atoms with E-state index in [0.29, 0.717) is 0 Å². The van der Waals surface area contributed by atoms with Gasteiger partial charge in [0.15, 0.2) is 0 Å². The van der Waals surface area contributed by atoms with Crippen molar-refractivity contribution in [3.05, 3.63) is 29.8 Å². The standard InChI is InChI=1S/C15H23N3O/c1-2-3-4-10-17-14(19)18-15(8-9-15)12-6-5-7-13(16)11-12/h5-7,11H,2-4,8-10,16H2,1H3,(H2,17,18,19). The lowest BCUT2D eigenvalue weighted by Crippen LogP contribution is -2.42. The second kappa shape index (κ2) is 5.95. The fraction of sp³-hybridized carbons (Fsp3) is 0.533. The monoisotopic (exact) mass is 261 g/mol. The Morgan fingerprint density at radius 3 is 2.79 bits per heavy atom.